The van der Waals surface area contributed by atoms with E-state index in [0.717, 1.165) is 21.6 Å². The van der Waals surface area contributed by atoms with Crippen molar-refractivity contribution >= 4 is 27.5 Å². The van der Waals surface area contributed by atoms with Crippen LogP contribution in [0.5, 0.6) is 0 Å². The standard InChI is InChI=1S/C24H21FN2O3S/c1-15-20(16-10-12-18(25)13-11-16)21-23(31-15)26-22(17-7-4-3-5-8-17)27(24(21)29)14-6-9-19(28)30-2/h3-5,7-8,10-13H,6,9,14H2,1-2H3. The zero-order valence-electron chi connectivity index (χ0n) is 17.2. The molecule has 0 saturated heterocycles. The molecule has 31 heavy (non-hydrogen) atoms. The lowest BCUT2D eigenvalue weighted by atomic mass is 10.0. The van der Waals surface area contributed by atoms with Crippen LogP contribution in [0.15, 0.2) is 59.4 Å². The Bertz CT molecular complexity index is 1290. The number of ether oxygens (including phenoxy) is 1. The highest BCUT2D eigenvalue weighted by atomic mass is 32.1. The van der Waals surface area contributed by atoms with Crippen LogP contribution in [0.25, 0.3) is 32.7 Å². The number of fused-ring (bicyclic) bond motifs is 1. The fourth-order valence-corrected chi connectivity index (χ4v) is 4.69. The number of hydrogen-bond donors (Lipinski definition) is 0. The van der Waals surface area contributed by atoms with E-state index < -0.39 is 0 Å². The number of aryl methyl sites for hydroxylation is 1. The maximum Gasteiger partial charge on any atom is 0.305 e. The summed E-state index contributed by atoms with van der Waals surface area (Å²) in [4.78, 5) is 31.7. The van der Waals surface area contributed by atoms with E-state index in [4.69, 9.17) is 9.72 Å². The van der Waals surface area contributed by atoms with Gasteiger partial charge in [-0.2, -0.15) is 0 Å². The van der Waals surface area contributed by atoms with Crippen molar-refractivity contribution < 1.29 is 13.9 Å². The molecule has 0 aliphatic carbocycles. The number of thiophene rings is 1. The second-order valence-electron chi connectivity index (χ2n) is 7.16. The van der Waals surface area contributed by atoms with E-state index in [9.17, 15) is 14.0 Å². The molecule has 0 atom stereocenters. The van der Waals surface area contributed by atoms with Crippen LogP contribution in [0.1, 0.15) is 17.7 Å². The first kappa shape index (κ1) is 20.9. The van der Waals surface area contributed by atoms with Gasteiger partial charge in [0.05, 0.1) is 12.5 Å². The Labute approximate surface area is 182 Å². The predicted molar refractivity (Wildman–Crippen MR) is 121 cm³/mol. The van der Waals surface area contributed by atoms with Gasteiger partial charge < -0.3 is 4.74 Å². The van der Waals surface area contributed by atoms with Crippen LogP contribution in [-0.4, -0.2) is 22.6 Å². The maximum atomic E-state index is 13.7. The Morgan fingerprint density at radius 1 is 1.10 bits per heavy atom. The topological polar surface area (TPSA) is 61.2 Å². The lowest BCUT2D eigenvalue weighted by Gasteiger charge is -2.13. The highest BCUT2D eigenvalue weighted by Crippen LogP contribution is 2.36. The second-order valence-corrected chi connectivity index (χ2v) is 8.36. The number of rotatable bonds is 6. The zero-order chi connectivity index (χ0) is 22.0. The van der Waals surface area contributed by atoms with Gasteiger partial charge in [0.25, 0.3) is 5.56 Å². The first-order valence-corrected chi connectivity index (χ1v) is 10.7. The van der Waals surface area contributed by atoms with Crippen molar-refractivity contribution in [2.24, 2.45) is 0 Å². The number of aromatic nitrogens is 2. The molecule has 0 aliphatic rings. The lowest BCUT2D eigenvalue weighted by Crippen LogP contribution is -2.24. The van der Waals surface area contributed by atoms with Gasteiger partial charge >= 0.3 is 5.97 Å². The molecule has 0 bridgehead atoms. The molecule has 0 saturated carbocycles. The van der Waals surface area contributed by atoms with E-state index in [1.807, 2.05) is 37.3 Å². The first-order valence-electron chi connectivity index (χ1n) is 9.91. The number of methoxy groups -OCH3 is 1. The average Bonchev–Trinajstić information content (AvgIpc) is 3.12. The molecule has 158 valence electrons. The first-order chi connectivity index (χ1) is 15.0. The normalized spacial score (nSPS) is 11.1. The van der Waals surface area contributed by atoms with Gasteiger partial charge in [-0.1, -0.05) is 42.5 Å². The predicted octanol–water partition coefficient (Wildman–Crippen LogP) is 5.19. The van der Waals surface area contributed by atoms with Crippen LogP contribution in [0.2, 0.25) is 0 Å². The summed E-state index contributed by atoms with van der Waals surface area (Å²) in [6, 6.07) is 15.6. The molecule has 4 rings (SSSR count). The van der Waals surface area contributed by atoms with Gasteiger partial charge in [-0.25, -0.2) is 9.37 Å². The fourth-order valence-electron chi connectivity index (χ4n) is 3.66. The van der Waals surface area contributed by atoms with Gasteiger partial charge in [0.2, 0.25) is 0 Å². The van der Waals surface area contributed by atoms with Crippen molar-refractivity contribution in [1.82, 2.24) is 9.55 Å². The van der Waals surface area contributed by atoms with Crippen molar-refractivity contribution in [3.8, 4) is 22.5 Å². The van der Waals surface area contributed by atoms with E-state index >= 15 is 0 Å². The van der Waals surface area contributed by atoms with Gasteiger partial charge in [-0.15, -0.1) is 11.3 Å². The Morgan fingerprint density at radius 3 is 2.48 bits per heavy atom. The minimum Gasteiger partial charge on any atom is -0.469 e. The van der Waals surface area contributed by atoms with Gasteiger partial charge in [-0.3, -0.25) is 14.2 Å². The summed E-state index contributed by atoms with van der Waals surface area (Å²) in [7, 11) is 1.35. The second kappa shape index (κ2) is 8.81. The molecule has 0 amide bonds. The molecule has 2 heterocycles. The van der Waals surface area contributed by atoms with Crippen molar-refractivity contribution in [2.75, 3.05) is 7.11 Å². The molecule has 0 aliphatic heterocycles. The van der Waals surface area contributed by atoms with Crippen LogP contribution in [0.3, 0.4) is 0 Å². The van der Waals surface area contributed by atoms with Gasteiger partial charge in [0, 0.05) is 29.0 Å². The van der Waals surface area contributed by atoms with E-state index in [1.54, 1.807) is 16.7 Å². The van der Waals surface area contributed by atoms with Crippen molar-refractivity contribution in [3.05, 3.63) is 75.6 Å². The molecule has 0 fully saturated rings. The summed E-state index contributed by atoms with van der Waals surface area (Å²) in [5.41, 5.74) is 2.21. The van der Waals surface area contributed by atoms with E-state index in [0.29, 0.717) is 29.0 Å². The van der Waals surface area contributed by atoms with Crippen molar-refractivity contribution in [3.63, 3.8) is 0 Å². The molecule has 0 N–H and O–H groups in total. The van der Waals surface area contributed by atoms with E-state index in [-0.39, 0.29) is 23.8 Å². The number of nitrogens with zero attached hydrogens (tertiary/aromatic N) is 2. The Hall–Kier alpha value is -3.32. The Balaban J connectivity index is 1.91. The summed E-state index contributed by atoms with van der Waals surface area (Å²) in [5.74, 6) is -0.0813. The van der Waals surface area contributed by atoms with Crippen LogP contribution in [0, 0.1) is 12.7 Å². The smallest absolute Gasteiger partial charge is 0.305 e. The van der Waals surface area contributed by atoms with Crippen LogP contribution >= 0.6 is 11.3 Å². The summed E-state index contributed by atoms with van der Waals surface area (Å²) in [6.07, 6.45) is 0.664. The van der Waals surface area contributed by atoms with Gasteiger partial charge in [0.1, 0.15) is 16.5 Å². The largest absolute Gasteiger partial charge is 0.469 e. The summed E-state index contributed by atoms with van der Waals surface area (Å²) < 4.78 is 19.8. The van der Waals surface area contributed by atoms with Crippen molar-refractivity contribution in [2.45, 2.75) is 26.3 Å². The van der Waals surface area contributed by atoms with Crippen LogP contribution in [0.4, 0.5) is 4.39 Å². The lowest BCUT2D eigenvalue weighted by molar-refractivity contribution is -0.140. The Kier molecular flexibility index (Phi) is 5.95. The molecule has 7 heteroatoms. The van der Waals surface area contributed by atoms with Crippen molar-refractivity contribution in [1.29, 1.82) is 0 Å². The summed E-state index contributed by atoms with van der Waals surface area (Å²) in [6.45, 7) is 2.27. The fraction of sp³-hybridized carbons (Fsp3) is 0.208. The Morgan fingerprint density at radius 2 is 1.81 bits per heavy atom. The number of benzene rings is 2. The monoisotopic (exact) mass is 436 g/mol. The van der Waals surface area contributed by atoms with Crippen LogP contribution < -0.4 is 5.56 Å². The molecule has 2 aromatic carbocycles. The highest BCUT2D eigenvalue weighted by molar-refractivity contribution is 7.19. The quantitative estimate of drug-likeness (QED) is 0.390. The van der Waals surface area contributed by atoms with Crippen LogP contribution in [-0.2, 0) is 16.1 Å². The molecule has 0 unspecified atom stereocenters. The van der Waals surface area contributed by atoms with E-state index in [1.165, 1.54) is 30.6 Å². The zero-order valence-corrected chi connectivity index (χ0v) is 18.0. The molecule has 5 nitrogen and oxygen atoms in total. The third-order valence-electron chi connectivity index (χ3n) is 5.14. The third-order valence-corrected chi connectivity index (χ3v) is 6.14. The molecule has 0 radical (unpaired) electrons. The van der Waals surface area contributed by atoms with Gasteiger partial charge in [0.15, 0.2) is 0 Å². The molecule has 2 aromatic heterocycles. The summed E-state index contributed by atoms with van der Waals surface area (Å²) in [5, 5.41) is 0.520. The van der Waals surface area contributed by atoms with E-state index in [2.05, 4.69) is 0 Å². The number of halogens is 1. The number of esters is 1. The number of carbonyl (C=O) groups is 1. The summed E-state index contributed by atoms with van der Waals surface area (Å²) >= 11 is 1.45. The maximum absolute atomic E-state index is 13.7. The number of carbonyl (C=O) groups excluding carboxylic acids is 1. The van der Waals surface area contributed by atoms with Gasteiger partial charge in [-0.05, 0) is 31.0 Å². The average molecular weight is 437 g/mol. The SMILES string of the molecule is COC(=O)CCCn1c(-c2ccccc2)nc2sc(C)c(-c3ccc(F)cc3)c2c1=O. The molecule has 0 spiro atoms. The minimum atomic E-state index is -0.328. The molecule has 4 aromatic rings. The highest BCUT2D eigenvalue weighted by Gasteiger charge is 2.20. The molecular weight excluding hydrogens is 415 g/mol. The minimum absolute atomic E-state index is 0.169. The number of hydrogen-bond acceptors (Lipinski definition) is 5. The third kappa shape index (κ3) is 4.14. The molecular formula is C24H21FN2O3S.